The normalized spacial score (nSPS) is 13.2. The van der Waals surface area contributed by atoms with Crippen LogP contribution in [0.5, 0.6) is 0 Å². The molecule has 162 valence electrons. The maximum atomic E-state index is 13.8. The molecule has 0 bridgehead atoms. The van der Waals surface area contributed by atoms with Crippen LogP contribution in [0.2, 0.25) is 18.1 Å². The lowest BCUT2D eigenvalue weighted by Gasteiger charge is -2.36. The zero-order valence-electron chi connectivity index (χ0n) is 18.0. The van der Waals surface area contributed by atoms with E-state index < -0.39 is 20.3 Å². The number of aromatic nitrogens is 2. The van der Waals surface area contributed by atoms with Gasteiger partial charge in [-0.3, -0.25) is 0 Å². The van der Waals surface area contributed by atoms with E-state index in [-0.39, 0.29) is 23.7 Å². The second-order valence-corrected chi connectivity index (χ2v) is 13.8. The van der Waals surface area contributed by atoms with Gasteiger partial charge in [-0.15, -0.1) is 0 Å². The van der Waals surface area contributed by atoms with Gasteiger partial charge in [0, 0.05) is 17.8 Å². The Hall–Kier alpha value is -2.32. The van der Waals surface area contributed by atoms with E-state index in [1.807, 2.05) is 30.3 Å². The summed E-state index contributed by atoms with van der Waals surface area (Å²) in [5, 5.41) is -0.0260. The van der Waals surface area contributed by atoms with Crippen LogP contribution in [0.25, 0.3) is 22.2 Å². The molecule has 3 aromatic rings. The van der Waals surface area contributed by atoms with Crippen molar-refractivity contribution in [1.29, 1.82) is 0 Å². The molecule has 0 aliphatic carbocycles. The highest BCUT2D eigenvalue weighted by molar-refractivity contribution is 6.74. The second kappa shape index (κ2) is 7.74. The highest BCUT2D eigenvalue weighted by Gasteiger charge is 2.39. The topological polar surface area (TPSA) is 53.1 Å². The maximum absolute atomic E-state index is 13.8. The quantitative estimate of drug-likeness (QED) is 0.376. The first-order valence-electron chi connectivity index (χ1n) is 9.87. The largest absolute Gasteiger partial charge is 0.449 e. The molecule has 2 N–H and O–H groups in total. The van der Waals surface area contributed by atoms with Gasteiger partial charge in [-0.25, -0.2) is 4.98 Å². The van der Waals surface area contributed by atoms with Crippen molar-refractivity contribution < 1.29 is 17.6 Å². The van der Waals surface area contributed by atoms with E-state index in [4.69, 9.17) is 10.2 Å². The van der Waals surface area contributed by atoms with E-state index in [1.165, 1.54) is 4.57 Å². The number of alkyl halides is 3. The first kappa shape index (κ1) is 22.4. The third-order valence-electron chi connectivity index (χ3n) is 5.80. The number of hydrogen-bond acceptors (Lipinski definition) is 3. The van der Waals surface area contributed by atoms with E-state index in [0.717, 1.165) is 5.56 Å². The van der Waals surface area contributed by atoms with Crippen LogP contribution in [-0.2, 0) is 17.1 Å². The average Bonchev–Trinajstić information content (AvgIpc) is 2.99. The molecule has 0 aliphatic rings. The van der Waals surface area contributed by atoms with Crippen molar-refractivity contribution in [3.8, 4) is 11.1 Å². The number of nitrogens with two attached hydrogens (primary N) is 1. The summed E-state index contributed by atoms with van der Waals surface area (Å²) in [6, 6.07) is 12.4. The second-order valence-electron chi connectivity index (χ2n) is 9.00. The number of rotatable bonds is 5. The molecule has 0 radical (unpaired) electrons. The Morgan fingerprint density at radius 3 is 2.27 bits per heavy atom. The Morgan fingerprint density at radius 2 is 1.70 bits per heavy atom. The molecule has 2 aromatic carbocycles. The molecule has 0 unspecified atom stereocenters. The Labute approximate surface area is 176 Å². The number of benzene rings is 2. The molecule has 4 nitrogen and oxygen atoms in total. The van der Waals surface area contributed by atoms with Gasteiger partial charge in [0.05, 0.1) is 17.6 Å². The van der Waals surface area contributed by atoms with Gasteiger partial charge in [0.1, 0.15) is 0 Å². The molecule has 0 spiro atoms. The van der Waals surface area contributed by atoms with Crippen molar-refractivity contribution in [1.82, 2.24) is 9.55 Å². The molecular formula is C22H28F3N3OSi. The van der Waals surface area contributed by atoms with Gasteiger partial charge in [0.15, 0.2) is 8.32 Å². The van der Waals surface area contributed by atoms with Crippen molar-refractivity contribution in [2.45, 2.75) is 51.6 Å². The van der Waals surface area contributed by atoms with E-state index in [2.05, 4.69) is 38.8 Å². The lowest BCUT2D eigenvalue weighted by Crippen LogP contribution is -2.41. The summed E-state index contributed by atoms with van der Waals surface area (Å²) in [6.45, 7) is 10.7. The third-order valence-corrected chi connectivity index (χ3v) is 10.3. The first-order valence-corrected chi connectivity index (χ1v) is 12.8. The van der Waals surface area contributed by atoms with Gasteiger partial charge in [-0.05, 0) is 35.8 Å². The fraction of sp³-hybridized carbons (Fsp3) is 0.409. The molecule has 0 amide bonds. The van der Waals surface area contributed by atoms with Crippen molar-refractivity contribution >= 4 is 25.0 Å². The highest BCUT2D eigenvalue weighted by atomic mass is 28.4. The van der Waals surface area contributed by atoms with E-state index in [9.17, 15) is 13.2 Å². The van der Waals surface area contributed by atoms with Crippen LogP contribution in [0.3, 0.4) is 0 Å². The monoisotopic (exact) mass is 435 g/mol. The summed E-state index contributed by atoms with van der Waals surface area (Å²) in [4.78, 5) is 4.00. The molecule has 0 saturated carbocycles. The van der Waals surface area contributed by atoms with Crippen LogP contribution in [0.15, 0.2) is 42.5 Å². The minimum absolute atomic E-state index is 0.0260. The molecule has 3 rings (SSSR count). The fourth-order valence-corrected chi connectivity index (χ4v) is 4.17. The van der Waals surface area contributed by atoms with Crippen molar-refractivity contribution in [3.63, 3.8) is 0 Å². The lowest BCUT2D eigenvalue weighted by molar-refractivity contribution is -0.147. The lowest BCUT2D eigenvalue weighted by atomic mass is 10.0. The number of hydrogen-bond donors (Lipinski definition) is 1. The van der Waals surface area contributed by atoms with Gasteiger partial charge in [-0.1, -0.05) is 51.1 Å². The van der Waals surface area contributed by atoms with E-state index in [0.29, 0.717) is 16.8 Å². The zero-order chi connectivity index (χ0) is 22.3. The smallest absolute Gasteiger partial charge is 0.415 e. The number of imidazole rings is 1. The Balaban J connectivity index is 2.08. The first-order chi connectivity index (χ1) is 13.8. The Morgan fingerprint density at radius 1 is 1.07 bits per heavy atom. The minimum Gasteiger partial charge on any atom is -0.415 e. The molecule has 0 aliphatic heterocycles. The number of anilines is 1. The zero-order valence-corrected chi connectivity index (χ0v) is 19.0. The molecule has 8 heteroatoms. The predicted octanol–water partition coefficient (Wildman–Crippen LogP) is 6.33. The van der Waals surface area contributed by atoms with Crippen LogP contribution < -0.4 is 5.73 Å². The number of nitrogens with zero attached hydrogens (tertiary/aromatic N) is 2. The molecule has 30 heavy (non-hydrogen) atoms. The summed E-state index contributed by atoms with van der Waals surface area (Å²) in [6.07, 6.45) is -4.58. The van der Waals surface area contributed by atoms with Crippen LogP contribution in [0, 0.1) is 0 Å². The SMILES string of the molecule is CC(C)(C)[Si](C)(C)OCCn1c(C(F)(F)F)nc2c(-c3ccccc3)cc(N)cc21. The molecule has 0 saturated heterocycles. The van der Waals surface area contributed by atoms with Crippen LogP contribution in [-0.4, -0.2) is 24.5 Å². The predicted molar refractivity (Wildman–Crippen MR) is 118 cm³/mol. The van der Waals surface area contributed by atoms with E-state index >= 15 is 0 Å². The summed E-state index contributed by atoms with van der Waals surface area (Å²) < 4.78 is 48.8. The Bertz CT molecular complexity index is 1040. The summed E-state index contributed by atoms with van der Waals surface area (Å²) >= 11 is 0. The average molecular weight is 436 g/mol. The number of nitrogen functional groups attached to an aromatic ring is 1. The summed E-state index contributed by atoms with van der Waals surface area (Å²) in [5.41, 5.74) is 8.45. The maximum Gasteiger partial charge on any atom is 0.449 e. The minimum atomic E-state index is -4.58. The molecule has 0 fully saturated rings. The number of halogens is 3. The summed E-state index contributed by atoms with van der Waals surface area (Å²) in [5.74, 6) is -0.931. The Kier molecular flexibility index (Phi) is 5.77. The molecule has 0 atom stereocenters. The molecule has 1 heterocycles. The van der Waals surface area contributed by atoms with Gasteiger partial charge < -0.3 is 14.7 Å². The van der Waals surface area contributed by atoms with Crippen molar-refractivity contribution in [2.24, 2.45) is 0 Å². The van der Waals surface area contributed by atoms with Gasteiger partial charge in [0.2, 0.25) is 5.82 Å². The van der Waals surface area contributed by atoms with Gasteiger partial charge >= 0.3 is 6.18 Å². The molecular weight excluding hydrogens is 407 g/mol. The third kappa shape index (κ3) is 4.39. The van der Waals surface area contributed by atoms with Gasteiger partial charge in [0.25, 0.3) is 0 Å². The van der Waals surface area contributed by atoms with Gasteiger partial charge in [-0.2, -0.15) is 13.2 Å². The number of fused-ring (bicyclic) bond motifs is 1. The van der Waals surface area contributed by atoms with E-state index in [1.54, 1.807) is 12.1 Å². The van der Waals surface area contributed by atoms with Crippen LogP contribution in [0.1, 0.15) is 26.6 Å². The fourth-order valence-electron chi connectivity index (χ4n) is 3.13. The van der Waals surface area contributed by atoms with Crippen LogP contribution in [0.4, 0.5) is 18.9 Å². The molecule has 1 aromatic heterocycles. The summed E-state index contributed by atoms with van der Waals surface area (Å²) in [7, 11) is -2.08. The van der Waals surface area contributed by atoms with Crippen molar-refractivity contribution in [3.05, 3.63) is 48.3 Å². The van der Waals surface area contributed by atoms with Crippen LogP contribution >= 0.6 is 0 Å². The highest BCUT2D eigenvalue weighted by Crippen LogP contribution is 2.38. The van der Waals surface area contributed by atoms with Crippen molar-refractivity contribution in [2.75, 3.05) is 12.3 Å². The standard InChI is InChI=1S/C22H28F3N3OSi/c1-21(2,3)30(4,5)29-12-11-28-18-14-16(26)13-17(15-9-7-6-8-10-15)19(18)27-20(28)22(23,24)25/h6-10,13-14H,11-12,26H2,1-5H3.